The van der Waals surface area contributed by atoms with Crippen molar-refractivity contribution in [1.82, 2.24) is 0 Å². The molecule has 2 aromatic carbocycles. The summed E-state index contributed by atoms with van der Waals surface area (Å²) in [6, 6.07) is 6.19. The molecule has 16 heteroatoms. The summed E-state index contributed by atoms with van der Waals surface area (Å²) >= 11 is -2.32. The van der Waals surface area contributed by atoms with Crippen molar-refractivity contribution in [2.45, 2.75) is 0 Å². The fraction of sp³-hybridized carbons (Fsp3) is 0.143. The number of nitrogens with zero attached hydrogens (tertiary/aromatic N) is 1. The number of quaternary nitrogens is 4. The van der Waals surface area contributed by atoms with Crippen molar-refractivity contribution in [2.24, 2.45) is 0 Å². The highest BCUT2D eigenvalue weighted by Gasteiger charge is 2.26. The average molecular weight is 449 g/mol. The van der Waals surface area contributed by atoms with Crippen molar-refractivity contribution in [1.29, 1.82) is 0 Å². The fourth-order valence-corrected chi connectivity index (χ4v) is 3.03. The molecule has 15 nitrogen and oxygen atoms in total. The predicted molar refractivity (Wildman–Crippen MR) is 98.6 cm³/mol. The van der Waals surface area contributed by atoms with E-state index in [1.54, 1.807) is 0 Å². The molecule has 2 rings (SSSR count). The molecule has 5 atom stereocenters. The SMILES string of the molecule is O=S(O)CCN(c1ccc([NH+]([O-])O)cc1[NH+]([O-])O)c1ccc([NH+]([O-])O)cc1[NH+]([O-])O. The molecule has 0 aromatic heterocycles. The third kappa shape index (κ3) is 5.72. The van der Waals surface area contributed by atoms with E-state index < -0.39 is 49.1 Å². The Morgan fingerprint density at radius 3 is 1.47 bits per heavy atom. The minimum absolute atomic E-state index is 0.136. The number of benzene rings is 2. The monoisotopic (exact) mass is 449 g/mol. The van der Waals surface area contributed by atoms with Gasteiger partial charge in [0.25, 0.3) is 0 Å². The molecule has 0 saturated carbocycles. The first-order valence-corrected chi connectivity index (χ1v) is 9.36. The molecular formula is C14H19N5O10S. The van der Waals surface area contributed by atoms with E-state index >= 15 is 0 Å². The minimum Gasteiger partial charge on any atom is -0.595 e. The Balaban J connectivity index is 2.70. The average Bonchev–Trinajstić information content (AvgIpc) is 2.67. The molecule has 166 valence electrons. The number of nitrogens with one attached hydrogen (secondary N) is 4. The lowest BCUT2D eigenvalue weighted by Crippen LogP contribution is -3.01. The van der Waals surface area contributed by atoms with E-state index in [1.165, 1.54) is 0 Å². The fourth-order valence-electron chi connectivity index (χ4n) is 2.69. The zero-order valence-corrected chi connectivity index (χ0v) is 15.8. The van der Waals surface area contributed by atoms with Gasteiger partial charge in [0.2, 0.25) is 0 Å². The zero-order valence-electron chi connectivity index (χ0n) is 15.0. The molecule has 0 fully saturated rings. The Bertz CT molecular complexity index is 834. The van der Waals surface area contributed by atoms with Gasteiger partial charge in [0.15, 0.2) is 33.8 Å². The molecule has 30 heavy (non-hydrogen) atoms. The first-order valence-electron chi connectivity index (χ1n) is 8.09. The Morgan fingerprint density at radius 2 is 1.17 bits per heavy atom. The topological polar surface area (TPSA) is 231 Å². The maximum Gasteiger partial charge on any atom is 0.193 e. The lowest BCUT2D eigenvalue weighted by Gasteiger charge is -2.30. The number of hydrogen-bond donors (Lipinski definition) is 9. The van der Waals surface area contributed by atoms with Gasteiger partial charge in [0.1, 0.15) is 11.4 Å². The van der Waals surface area contributed by atoms with Crippen LogP contribution in [0.1, 0.15) is 0 Å². The summed E-state index contributed by atoms with van der Waals surface area (Å²) in [5.74, 6) is -0.403. The smallest absolute Gasteiger partial charge is 0.193 e. The van der Waals surface area contributed by atoms with Crippen LogP contribution in [0.25, 0.3) is 0 Å². The van der Waals surface area contributed by atoms with Gasteiger partial charge >= 0.3 is 0 Å². The van der Waals surface area contributed by atoms with Gasteiger partial charge in [-0.1, -0.05) is 0 Å². The van der Waals surface area contributed by atoms with Crippen LogP contribution in [-0.2, 0) is 11.1 Å². The van der Waals surface area contributed by atoms with Crippen LogP contribution in [0.2, 0.25) is 0 Å². The minimum atomic E-state index is -2.32. The molecule has 5 unspecified atom stereocenters. The van der Waals surface area contributed by atoms with E-state index in [0.29, 0.717) is 0 Å². The first kappa shape index (κ1) is 24.1. The lowest BCUT2D eigenvalue weighted by molar-refractivity contribution is -0.996. The first-order chi connectivity index (χ1) is 14.0. The largest absolute Gasteiger partial charge is 0.595 e. The Labute approximate surface area is 170 Å². The van der Waals surface area contributed by atoms with E-state index in [9.17, 15) is 35.5 Å². The van der Waals surface area contributed by atoms with Crippen molar-refractivity contribution < 1.29 is 50.5 Å². The van der Waals surface area contributed by atoms with Gasteiger partial charge in [-0.05, 0) is 12.1 Å². The van der Waals surface area contributed by atoms with Crippen LogP contribution in [0.3, 0.4) is 0 Å². The molecule has 0 amide bonds. The second-order valence-corrected chi connectivity index (χ2v) is 6.91. The quantitative estimate of drug-likeness (QED) is 0.136. The highest BCUT2D eigenvalue weighted by atomic mass is 32.2. The van der Waals surface area contributed by atoms with Crippen LogP contribution < -0.4 is 25.8 Å². The summed E-state index contributed by atoms with van der Waals surface area (Å²) in [5, 5.41) is 77.2. The molecule has 0 spiro atoms. The molecule has 0 saturated heterocycles. The maximum absolute atomic E-state index is 11.7. The summed E-state index contributed by atoms with van der Waals surface area (Å²) in [5.41, 5.74) is -1.91. The van der Waals surface area contributed by atoms with E-state index in [0.717, 1.165) is 41.3 Å². The third-order valence-electron chi connectivity index (χ3n) is 4.02. The highest BCUT2D eigenvalue weighted by molar-refractivity contribution is 7.79. The molecule has 0 bridgehead atoms. The molecule has 0 aliphatic carbocycles. The van der Waals surface area contributed by atoms with Crippen LogP contribution >= 0.6 is 0 Å². The summed E-state index contributed by atoms with van der Waals surface area (Å²) in [7, 11) is 0. The number of anilines is 2. The molecule has 0 heterocycles. The number of rotatable bonds is 9. The van der Waals surface area contributed by atoms with E-state index in [4.69, 9.17) is 15.0 Å². The summed E-state index contributed by atoms with van der Waals surface area (Å²) in [6.07, 6.45) is 0. The summed E-state index contributed by atoms with van der Waals surface area (Å²) in [4.78, 5) is 1.11. The Kier molecular flexibility index (Phi) is 8.25. The second-order valence-electron chi connectivity index (χ2n) is 5.86. The van der Waals surface area contributed by atoms with Crippen molar-refractivity contribution in [3.05, 3.63) is 57.2 Å². The molecule has 9 N–H and O–H groups in total. The predicted octanol–water partition coefficient (Wildman–Crippen LogP) is -3.34. The van der Waals surface area contributed by atoms with E-state index in [2.05, 4.69) is 0 Å². The number of hydrogen-bond acceptors (Lipinski definition) is 10. The normalized spacial score (nSPS) is 16.6. The van der Waals surface area contributed by atoms with Crippen molar-refractivity contribution >= 4 is 45.2 Å². The Hall–Kier alpha value is -2.13. The molecule has 2 aromatic rings. The second kappa shape index (κ2) is 10.3. The van der Waals surface area contributed by atoms with Crippen LogP contribution in [-0.4, -0.2) is 41.9 Å². The maximum atomic E-state index is 11.7. The van der Waals surface area contributed by atoms with Crippen molar-refractivity contribution in [3.63, 3.8) is 0 Å². The third-order valence-corrected chi connectivity index (χ3v) is 4.55. The van der Waals surface area contributed by atoms with Crippen molar-refractivity contribution in [2.75, 3.05) is 17.2 Å². The Morgan fingerprint density at radius 1 is 0.767 bits per heavy atom. The van der Waals surface area contributed by atoms with Gasteiger partial charge in [0.05, 0.1) is 17.9 Å². The highest BCUT2D eigenvalue weighted by Crippen LogP contribution is 2.35. The zero-order chi connectivity index (χ0) is 22.6. The molecular weight excluding hydrogens is 430 g/mol. The van der Waals surface area contributed by atoms with Crippen LogP contribution in [0.4, 0.5) is 34.1 Å². The van der Waals surface area contributed by atoms with Gasteiger partial charge in [-0.25, -0.2) is 25.0 Å². The van der Waals surface area contributed by atoms with E-state index in [-0.39, 0.29) is 29.3 Å². The van der Waals surface area contributed by atoms with Crippen LogP contribution in [0.5, 0.6) is 0 Å². The van der Waals surface area contributed by atoms with Gasteiger partial charge in [-0.15, -0.1) is 0 Å². The summed E-state index contributed by atoms with van der Waals surface area (Å²) in [6.45, 7) is -0.317. The molecule has 0 aliphatic rings. The molecule has 0 aliphatic heterocycles. The van der Waals surface area contributed by atoms with Gasteiger partial charge in [-0.2, -0.15) is 20.9 Å². The van der Waals surface area contributed by atoms with Crippen LogP contribution in [0.15, 0.2) is 36.4 Å². The molecule has 0 radical (unpaired) electrons. The van der Waals surface area contributed by atoms with Gasteiger partial charge in [0, 0.05) is 18.7 Å². The van der Waals surface area contributed by atoms with Crippen LogP contribution in [0, 0.1) is 20.8 Å². The van der Waals surface area contributed by atoms with Gasteiger partial charge < -0.3 is 30.3 Å². The van der Waals surface area contributed by atoms with Gasteiger partial charge in [-0.3, -0.25) is 0 Å². The summed E-state index contributed by atoms with van der Waals surface area (Å²) < 4.78 is 20.3. The van der Waals surface area contributed by atoms with Crippen molar-refractivity contribution in [3.8, 4) is 0 Å². The standard InChI is InChI=1S/C14H19N5O10S/c20-16(21)9-1-3-11(13(7-9)18(24)25)15(5-6-30(28)29)12-4-2-10(17(22)23)8-14(12)19(26)27/h1-4,7-8,16-20,22,24,26H,5-6H2,(H,28,29). The lowest BCUT2D eigenvalue weighted by atomic mass is 10.1. The van der Waals surface area contributed by atoms with E-state index in [1.807, 2.05) is 0 Å².